The highest BCUT2D eigenvalue weighted by Gasteiger charge is 2.17. The second-order valence-corrected chi connectivity index (χ2v) is 6.37. The average Bonchev–Trinajstić information content (AvgIpc) is 3.06. The molecule has 0 bridgehead atoms. The molecular formula is C20H16ClN3O. The summed E-state index contributed by atoms with van der Waals surface area (Å²) in [7, 11) is 0. The molecule has 0 aliphatic carbocycles. The average molecular weight is 350 g/mol. The van der Waals surface area contributed by atoms with Crippen molar-refractivity contribution in [1.82, 2.24) is 14.9 Å². The largest absolute Gasteiger partial charge is 0.345 e. The van der Waals surface area contributed by atoms with Gasteiger partial charge in [0, 0.05) is 16.6 Å². The van der Waals surface area contributed by atoms with Gasteiger partial charge in [0.1, 0.15) is 0 Å². The number of nitrogens with one attached hydrogen (secondary N) is 1. The number of rotatable bonds is 3. The van der Waals surface area contributed by atoms with Crippen molar-refractivity contribution < 1.29 is 4.79 Å². The fourth-order valence-electron chi connectivity index (χ4n) is 3.12. The van der Waals surface area contributed by atoms with Crippen LogP contribution in [0.5, 0.6) is 0 Å². The first-order valence-electron chi connectivity index (χ1n) is 8.05. The maximum Gasteiger partial charge on any atom is 0.255 e. The van der Waals surface area contributed by atoms with Gasteiger partial charge in [-0.3, -0.25) is 4.79 Å². The van der Waals surface area contributed by atoms with Gasteiger partial charge in [0.25, 0.3) is 5.91 Å². The minimum atomic E-state index is -0.159. The zero-order valence-electron chi connectivity index (χ0n) is 13.6. The normalized spacial score (nSPS) is 12.4. The summed E-state index contributed by atoms with van der Waals surface area (Å²) in [6.07, 6.45) is 3.42. The smallest absolute Gasteiger partial charge is 0.255 e. The molecule has 0 aliphatic rings. The topological polar surface area (TPSA) is 46.4 Å². The second-order valence-electron chi connectivity index (χ2n) is 5.97. The summed E-state index contributed by atoms with van der Waals surface area (Å²) >= 11 is 6.29. The summed E-state index contributed by atoms with van der Waals surface area (Å²) in [6, 6.07) is 17.3. The number of benzene rings is 2. The maximum absolute atomic E-state index is 12.7. The number of carbonyl (C=O) groups excluding carboxylic acids is 1. The molecule has 1 unspecified atom stereocenters. The molecule has 2 aromatic heterocycles. The molecule has 0 aliphatic heterocycles. The Labute approximate surface area is 150 Å². The summed E-state index contributed by atoms with van der Waals surface area (Å²) in [6.45, 7) is 1.97. The lowest BCUT2D eigenvalue weighted by Gasteiger charge is -2.17. The van der Waals surface area contributed by atoms with E-state index in [9.17, 15) is 4.79 Å². The minimum Gasteiger partial charge on any atom is -0.345 e. The molecule has 0 saturated carbocycles. The van der Waals surface area contributed by atoms with Gasteiger partial charge in [-0.2, -0.15) is 5.10 Å². The third-order valence-corrected chi connectivity index (χ3v) is 4.72. The van der Waals surface area contributed by atoms with Gasteiger partial charge < -0.3 is 5.32 Å². The summed E-state index contributed by atoms with van der Waals surface area (Å²) in [4.78, 5) is 12.7. The second kappa shape index (κ2) is 6.22. The highest BCUT2D eigenvalue weighted by atomic mass is 35.5. The van der Waals surface area contributed by atoms with E-state index >= 15 is 0 Å². The van der Waals surface area contributed by atoms with Crippen LogP contribution < -0.4 is 5.32 Å². The van der Waals surface area contributed by atoms with E-state index in [-0.39, 0.29) is 11.9 Å². The van der Waals surface area contributed by atoms with E-state index in [1.54, 1.807) is 10.7 Å². The Bertz CT molecular complexity index is 1090. The predicted molar refractivity (Wildman–Crippen MR) is 100 cm³/mol. The quantitative estimate of drug-likeness (QED) is 0.586. The molecule has 1 N–H and O–H groups in total. The first-order valence-corrected chi connectivity index (χ1v) is 8.43. The van der Waals surface area contributed by atoms with Gasteiger partial charge >= 0.3 is 0 Å². The van der Waals surface area contributed by atoms with Gasteiger partial charge in [0.05, 0.1) is 23.3 Å². The van der Waals surface area contributed by atoms with Crippen LogP contribution in [-0.2, 0) is 0 Å². The van der Waals surface area contributed by atoms with Crippen molar-refractivity contribution in [3.05, 3.63) is 83.1 Å². The van der Waals surface area contributed by atoms with Crippen LogP contribution in [-0.4, -0.2) is 15.5 Å². The van der Waals surface area contributed by atoms with E-state index in [4.69, 9.17) is 11.6 Å². The number of carbonyl (C=O) groups is 1. The molecule has 5 heteroatoms. The van der Waals surface area contributed by atoms with E-state index in [0.717, 1.165) is 21.9 Å². The number of halogens is 1. The maximum atomic E-state index is 12.7. The third kappa shape index (κ3) is 2.75. The van der Waals surface area contributed by atoms with Crippen molar-refractivity contribution >= 4 is 33.8 Å². The number of aromatic nitrogens is 2. The lowest BCUT2D eigenvalue weighted by atomic mass is 9.99. The molecule has 124 valence electrons. The molecule has 0 radical (unpaired) electrons. The van der Waals surface area contributed by atoms with E-state index in [1.165, 1.54) is 0 Å². The number of pyridine rings is 1. The molecule has 2 aromatic carbocycles. The van der Waals surface area contributed by atoms with Crippen LogP contribution in [0.1, 0.15) is 28.9 Å². The Morgan fingerprint density at radius 1 is 1.08 bits per heavy atom. The van der Waals surface area contributed by atoms with Crippen molar-refractivity contribution in [2.24, 2.45) is 0 Å². The van der Waals surface area contributed by atoms with Crippen molar-refractivity contribution in [3.63, 3.8) is 0 Å². The molecule has 0 spiro atoms. The molecule has 0 fully saturated rings. The van der Waals surface area contributed by atoms with Gasteiger partial charge in [-0.05, 0) is 36.1 Å². The Morgan fingerprint density at radius 3 is 2.68 bits per heavy atom. The Hall–Kier alpha value is -2.85. The minimum absolute atomic E-state index is 0.146. The number of nitrogens with zero attached hydrogens (tertiary/aromatic N) is 2. The Balaban J connectivity index is 1.67. The van der Waals surface area contributed by atoms with Gasteiger partial charge in [0.15, 0.2) is 0 Å². The van der Waals surface area contributed by atoms with E-state index in [0.29, 0.717) is 10.6 Å². The van der Waals surface area contributed by atoms with Crippen LogP contribution in [0.15, 0.2) is 67.0 Å². The molecule has 4 nitrogen and oxygen atoms in total. The van der Waals surface area contributed by atoms with Crippen LogP contribution in [0.4, 0.5) is 0 Å². The molecule has 4 aromatic rings. The van der Waals surface area contributed by atoms with Crippen molar-refractivity contribution in [2.45, 2.75) is 13.0 Å². The Morgan fingerprint density at radius 2 is 1.84 bits per heavy atom. The highest BCUT2D eigenvalue weighted by Crippen LogP contribution is 2.30. The van der Waals surface area contributed by atoms with Crippen LogP contribution >= 0.6 is 11.6 Å². The van der Waals surface area contributed by atoms with Gasteiger partial charge in [0.2, 0.25) is 0 Å². The zero-order chi connectivity index (χ0) is 17.4. The van der Waals surface area contributed by atoms with Gasteiger partial charge in [-0.15, -0.1) is 0 Å². The van der Waals surface area contributed by atoms with Gasteiger partial charge in [-0.25, -0.2) is 4.52 Å². The van der Waals surface area contributed by atoms with Crippen LogP contribution in [0, 0.1) is 0 Å². The fraction of sp³-hybridized carbons (Fsp3) is 0.100. The number of fused-ring (bicyclic) bond motifs is 2. The molecular weight excluding hydrogens is 334 g/mol. The molecule has 4 rings (SSSR count). The van der Waals surface area contributed by atoms with Gasteiger partial charge in [-0.1, -0.05) is 48.0 Å². The van der Waals surface area contributed by atoms with Crippen LogP contribution in [0.3, 0.4) is 0 Å². The lowest BCUT2D eigenvalue weighted by molar-refractivity contribution is 0.0942. The summed E-state index contributed by atoms with van der Waals surface area (Å²) in [5.74, 6) is -0.146. The summed E-state index contributed by atoms with van der Waals surface area (Å²) in [5.41, 5.74) is 2.38. The van der Waals surface area contributed by atoms with E-state index in [1.807, 2.05) is 67.7 Å². The highest BCUT2D eigenvalue weighted by molar-refractivity contribution is 6.35. The van der Waals surface area contributed by atoms with Crippen molar-refractivity contribution in [2.75, 3.05) is 0 Å². The fourth-order valence-corrected chi connectivity index (χ4v) is 3.35. The van der Waals surface area contributed by atoms with Crippen LogP contribution in [0.25, 0.3) is 16.3 Å². The van der Waals surface area contributed by atoms with E-state index < -0.39 is 0 Å². The van der Waals surface area contributed by atoms with E-state index in [2.05, 4.69) is 10.4 Å². The standard InChI is InChI=1S/C20H16ClN3O/c1-13(14-9-10-18(21)16-7-3-2-6-15(14)16)23-20(25)17-12-22-24-11-5-4-8-19(17)24/h2-13H,1H3,(H,23,25). The molecule has 0 saturated heterocycles. The van der Waals surface area contributed by atoms with Crippen molar-refractivity contribution in [1.29, 1.82) is 0 Å². The number of amides is 1. The molecule has 25 heavy (non-hydrogen) atoms. The first kappa shape index (κ1) is 15.7. The predicted octanol–water partition coefficient (Wildman–Crippen LogP) is 4.63. The first-order chi connectivity index (χ1) is 12.1. The molecule has 1 atom stereocenters. The molecule has 2 heterocycles. The number of hydrogen-bond donors (Lipinski definition) is 1. The SMILES string of the molecule is CC(NC(=O)c1cnn2ccccc12)c1ccc(Cl)c2ccccc12. The third-order valence-electron chi connectivity index (χ3n) is 4.39. The Kier molecular flexibility index (Phi) is 3.90. The number of hydrogen-bond acceptors (Lipinski definition) is 2. The zero-order valence-corrected chi connectivity index (χ0v) is 14.4. The summed E-state index contributed by atoms with van der Waals surface area (Å²) in [5, 5.41) is 10.0. The van der Waals surface area contributed by atoms with Crippen molar-refractivity contribution in [3.8, 4) is 0 Å². The molecule has 1 amide bonds. The summed E-state index contributed by atoms with van der Waals surface area (Å²) < 4.78 is 1.69. The monoisotopic (exact) mass is 349 g/mol. The van der Waals surface area contributed by atoms with Crippen LogP contribution in [0.2, 0.25) is 5.02 Å². The lowest BCUT2D eigenvalue weighted by Crippen LogP contribution is -2.26.